The van der Waals surface area contributed by atoms with Gasteiger partial charge in [0.15, 0.2) is 0 Å². The Labute approximate surface area is 117 Å². The lowest BCUT2D eigenvalue weighted by Gasteiger charge is -2.36. The summed E-state index contributed by atoms with van der Waals surface area (Å²) in [6, 6.07) is 5.42. The lowest BCUT2D eigenvalue weighted by Crippen LogP contribution is -2.42. The number of carbonyl (C=O) groups excluding carboxylic acids is 2. The Morgan fingerprint density at radius 3 is 2.75 bits per heavy atom. The van der Waals surface area contributed by atoms with Crippen molar-refractivity contribution in [1.82, 2.24) is 0 Å². The number of nitrogens with zero attached hydrogens (tertiary/aromatic N) is 2. The van der Waals surface area contributed by atoms with E-state index in [9.17, 15) is 14.7 Å². The summed E-state index contributed by atoms with van der Waals surface area (Å²) in [5.74, 6) is -0.614. The molecule has 1 fully saturated rings. The zero-order valence-corrected chi connectivity index (χ0v) is 11.7. The number of likely N-dealkylation sites (N-methyl/N-ethyl adjacent to an activating group) is 1. The van der Waals surface area contributed by atoms with E-state index < -0.39 is 11.7 Å². The van der Waals surface area contributed by atoms with Crippen molar-refractivity contribution in [3.8, 4) is 0 Å². The molecule has 0 aliphatic carbocycles. The molecule has 2 unspecified atom stereocenters. The van der Waals surface area contributed by atoms with Crippen LogP contribution in [0.4, 0.5) is 11.4 Å². The van der Waals surface area contributed by atoms with Gasteiger partial charge in [0, 0.05) is 25.8 Å². The second-order valence-electron chi connectivity index (χ2n) is 5.67. The molecule has 1 saturated heterocycles. The van der Waals surface area contributed by atoms with E-state index in [1.807, 2.05) is 12.1 Å². The molecule has 1 aromatic carbocycles. The van der Waals surface area contributed by atoms with Crippen molar-refractivity contribution in [2.24, 2.45) is 5.92 Å². The summed E-state index contributed by atoms with van der Waals surface area (Å²) in [7, 11) is 1.61. The van der Waals surface area contributed by atoms with Gasteiger partial charge in [-0.25, -0.2) is 0 Å². The monoisotopic (exact) mass is 274 g/mol. The molecule has 2 atom stereocenters. The molecule has 0 aromatic heterocycles. The van der Waals surface area contributed by atoms with Crippen LogP contribution in [0.15, 0.2) is 18.2 Å². The normalized spacial score (nSPS) is 26.1. The highest BCUT2D eigenvalue weighted by Gasteiger charge is 2.34. The number of piperidine rings is 1. The van der Waals surface area contributed by atoms with Crippen molar-refractivity contribution >= 4 is 23.1 Å². The fourth-order valence-corrected chi connectivity index (χ4v) is 2.85. The number of hydrogen-bond donors (Lipinski definition) is 1. The van der Waals surface area contributed by atoms with Gasteiger partial charge < -0.3 is 14.9 Å². The Bertz CT molecular complexity index is 584. The van der Waals surface area contributed by atoms with Gasteiger partial charge in [-0.05, 0) is 30.5 Å². The predicted octanol–water partition coefficient (Wildman–Crippen LogP) is 1.05. The molecule has 2 heterocycles. The SMILES string of the molecule is CC1CCN(c2ccc3c(c2)N(C)C(=O)C3=O)CC1O. The van der Waals surface area contributed by atoms with Gasteiger partial charge in [0.05, 0.1) is 17.4 Å². The molecule has 5 heteroatoms. The zero-order chi connectivity index (χ0) is 14.4. The third-order valence-electron chi connectivity index (χ3n) is 4.37. The molecule has 0 spiro atoms. The van der Waals surface area contributed by atoms with Crippen LogP contribution in [-0.2, 0) is 4.79 Å². The number of Topliss-reactive ketones (excluding diaryl/α,β-unsaturated/α-hetero) is 1. The molecule has 106 valence electrons. The molecule has 0 saturated carbocycles. The summed E-state index contributed by atoms with van der Waals surface area (Å²) in [5, 5.41) is 9.98. The minimum atomic E-state index is -0.482. The zero-order valence-electron chi connectivity index (χ0n) is 11.7. The van der Waals surface area contributed by atoms with E-state index in [0.29, 0.717) is 23.7 Å². The Kier molecular flexibility index (Phi) is 3.01. The first-order valence-corrected chi connectivity index (χ1v) is 6.88. The Balaban J connectivity index is 1.91. The van der Waals surface area contributed by atoms with Crippen LogP contribution in [0.3, 0.4) is 0 Å². The maximum absolute atomic E-state index is 11.7. The van der Waals surface area contributed by atoms with E-state index in [1.165, 1.54) is 4.90 Å². The van der Waals surface area contributed by atoms with Crippen molar-refractivity contribution in [2.75, 3.05) is 29.9 Å². The molecule has 2 aliphatic rings. The number of aliphatic hydroxyl groups is 1. The second-order valence-corrected chi connectivity index (χ2v) is 5.67. The predicted molar refractivity (Wildman–Crippen MR) is 76.2 cm³/mol. The number of carbonyl (C=O) groups is 2. The number of ketones is 1. The number of β-amino-alcohol motifs (C(OH)–C–C–N with tert-alkyl or cyclic N) is 1. The second kappa shape index (κ2) is 4.59. The van der Waals surface area contributed by atoms with Crippen LogP contribution in [-0.4, -0.2) is 43.0 Å². The van der Waals surface area contributed by atoms with Crippen molar-refractivity contribution in [1.29, 1.82) is 0 Å². The Hall–Kier alpha value is -1.88. The molecular weight excluding hydrogens is 256 g/mol. The van der Waals surface area contributed by atoms with Gasteiger partial charge in [0.2, 0.25) is 0 Å². The maximum atomic E-state index is 11.7. The summed E-state index contributed by atoms with van der Waals surface area (Å²) < 4.78 is 0. The van der Waals surface area contributed by atoms with E-state index in [4.69, 9.17) is 0 Å². The number of fused-ring (bicyclic) bond motifs is 1. The van der Waals surface area contributed by atoms with Gasteiger partial charge in [-0.2, -0.15) is 0 Å². The highest BCUT2D eigenvalue weighted by Crippen LogP contribution is 2.33. The van der Waals surface area contributed by atoms with Crippen LogP contribution in [0.2, 0.25) is 0 Å². The standard InChI is InChI=1S/C15H18N2O3/c1-9-5-6-17(8-13(9)18)10-3-4-11-12(7-10)16(2)15(20)14(11)19/h3-4,7,9,13,18H,5-6,8H2,1-2H3. The molecular formula is C15H18N2O3. The average Bonchev–Trinajstić information content (AvgIpc) is 2.66. The molecule has 1 N–H and O–H groups in total. The van der Waals surface area contributed by atoms with Crippen LogP contribution in [0, 0.1) is 5.92 Å². The summed E-state index contributed by atoms with van der Waals surface area (Å²) in [5.41, 5.74) is 2.07. The number of amides is 1. The van der Waals surface area contributed by atoms with Gasteiger partial charge in [0.1, 0.15) is 0 Å². The number of hydrogen-bond acceptors (Lipinski definition) is 4. The molecule has 1 amide bonds. The lowest BCUT2D eigenvalue weighted by molar-refractivity contribution is -0.114. The lowest BCUT2D eigenvalue weighted by atomic mass is 9.95. The van der Waals surface area contributed by atoms with Crippen molar-refractivity contribution in [3.05, 3.63) is 23.8 Å². The largest absolute Gasteiger partial charge is 0.391 e. The van der Waals surface area contributed by atoms with Crippen LogP contribution in [0.1, 0.15) is 23.7 Å². The molecule has 20 heavy (non-hydrogen) atoms. The van der Waals surface area contributed by atoms with Crippen molar-refractivity contribution in [3.63, 3.8) is 0 Å². The summed E-state index contributed by atoms with van der Waals surface area (Å²) in [6.45, 7) is 3.52. The van der Waals surface area contributed by atoms with Gasteiger partial charge in [-0.1, -0.05) is 6.92 Å². The number of rotatable bonds is 1. The summed E-state index contributed by atoms with van der Waals surface area (Å²) in [6.07, 6.45) is 0.601. The molecule has 5 nitrogen and oxygen atoms in total. The fourth-order valence-electron chi connectivity index (χ4n) is 2.85. The number of anilines is 2. The molecule has 0 radical (unpaired) electrons. The molecule has 3 rings (SSSR count). The van der Waals surface area contributed by atoms with Gasteiger partial charge in [0.25, 0.3) is 11.7 Å². The van der Waals surface area contributed by atoms with Crippen molar-refractivity contribution < 1.29 is 14.7 Å². The van der Waals surface area contributed by atoms with Crippen LogP contribution in [0.25, 0.3) is 0 Å². The van der Waals surface area contributed by atoms with Crippen molar-refractivity contribution in [2.45, 2.75) is 19.4 Å². The van der Waals surface area contributed by atoms with Crippen LogP contribution in [0.5, 0.6) is 0 Å². The Morgan fingerprint density at radius 2 is 2.05 bits per heavy atom. The van der Waals surface area contributed by atoms with E-state index in [1.54, 1.807) is 13.1 Å². The number of aliphatic hydroxyl groups excluding tert-OH is 1. The van der Waals surface area contributed by atoms with E-state index in [-0.39, 0.29) is 6.10 Å². The van der Waals surface area contributed by atoms with E-state index in [2.05, 4.69) is 11.8 Å². The topological polar surface area (TPSA) is 60.9 Å². The minimum absolute atomic E-state index is 0.312. The summed E-state index contributed by atoms with van der Waals surface area (Å²) >= 11 is 0. The first-order valence-electron chi connectivity index (χ1n) is 6.88. The molecule has 2 aliphatic heterocycles. The third-order valence-corrected chi connectivity index (χ3v) is 4.37. The molecule has 1 aromatic rings. The highest BCUT2D eigenvalue weighted by atomic mass is 16.3. The highest BCUT2D eigenvalue weighted by molar-refractivity contribution is 6.52. The Morgan fingerprint density at radius 1 is 1.30 bits per heavy atom. The van der Waals surface area contributed by atoms with Gasteiger partial charge in [-0.15, -0.1) is 0 Å². The number of benzene rings is 1. The first kappa shape index (κ1) is 13.1. The summed E-state index contributed by atoms with van der Waals surface area (Å²) in [4.78, 5) is 26.9. The quantitative estimate of drug-likeness (QED) is 0.778. The van der Waals surface area contributed by atoms with Crippen LogP contribution >= 0.6 is 0 Å². The average molecular weight is 274 g/mol. The van der Waals surface area contributed by atoms with Crippen LogP contribution < -0.4 is 9.80 Å². The van der Waals surface area contributed by atoms with E-state index >= 15 is 0 Å². The smallest absolute Gasteiger partial charge is 0.299 e. The van der Waals surface area contributed by atoms with E-state index in [0.717, 1.165) is 18.7 Å². The minimum Gasteiger partial charge on any atom is -0.391 e. The maximum Gasteiger partial charge on any atom is 0.299 e. The third kappa shape index (κ3) is 1.89. The van der Waals surface area contributed by atoms with Gasteiger partial charge in [-0.3, -0.25) is 9.59 Å². The van der Waals surface area contributed by atoms with Gasteiger partial charge >= 0.3 is 0 Å². The molecule has 0 bridgehead atoms. The fraction of sp³-hybridized carbons (Fsp3) is 0.467. The first-order chi connectivity index (χ1) is 9.49.